The molecule has 0 spiro atoms. The van der Waals surface area contributed by atoms with Crippen LogP contribution in [-0.2, 0) is 4.74 Å². The van der Waals surface area contributed by atoms with Gasteiger partial charge in [-0.15, -0.1) is 0 Å². The molecule has 1 N–H and O–H groups in total. The molecule has 0 fully saturated rings. The van der Waals surface area contributed by atoms with E-state index in [0.29, 0.717) is 26.2 Å². The van der Waals surface area contributed by atoms with Crippen molar-refractivity contribution >= 4 is 44.5 Å². The number of esters is 1. The van der Waals surface area contributed by atoms with E-state index >= 15 is 0 Å². The number of aromatic amines is 1. The summed E-state index contributed by atoms with van der Waals surface area (Å²) in [5.41, 5.74) is 1.54. The number of rotatable bonds is 1. The Morgan fingerprint density at radius 2 is 2.40 bits per heavy atom. The fourth-order valence-corrected chi connectivity index (χ4v) is 2.02. The molecule has 6 heteroatoms. The van der Waals surface area contributed by atoms with Gasteiger partial charge in [0.1, 0.15) is 11.2 Å². The fourth-order valence-electron chi connectivity index (χ4n) is 1.26. The van der Waals surface area contributed by atoms with Gasteiger partial charge >= 0.3 is 5.97 Å². The van der Waals surface area contributed by atoms with Crippen LogP contribution in [0.1, 0.15) is 10.5 Å². The van der Waals surface area contributed by atoms with E-state index < -0.39 is 5.97 Å². The predicted octanol–water partition coefficient (Wildman–Crippen LogP) is 2.77. The maximum atomic E-state index is 11.4. The van der Waals surface area contributed by atoms with Crippen LogP contribution in [0.5, 0.6) is 0 Å². The monoisotopic (exact) mass is 288 g/mol. The first kappa shape index (κ1) is 10.4. The second-order valence-corrected chi connectivity index (χ2v) is 4.02. The molecule has 0 aliphatic rings. The summed E-state index contributed by atoms with van der Waals surface area (Å²) < 4.78 is 5.18. The average molecular weight is 290 g/mol. The molecule has 0 bridgehead atoms. The summed E-state index contributed by atoms with van der Waals surface area (Å²) in [6.07, 6.45) is 1.57. The van der Waals surface area contributed by atoms with Crippen molar-refractivity contribution < 1.29 is 9.53 Å². The Morgan fingerprint density at radius 1 is 1.67 bits per heavy atom. The first-order valence-corrected chi connectivity index (χ1v) is 5.22. The summed E-state index contributed by atoms with van der Waals surface area (Å²) in [5, 5.41) is 0.510. The van der Waals surface area contributed by atoms with Gasteiger partial charge in [0.15, 0.2) is 0 Å². The van der Waals surface area contributed by atoms with Crippen molar-refractivity contribution in [2.24, 2.45) is 0 Å². The summed E-state index contributed by atoms with van der Waals surface area (Å²) in [4.78, 5) is 18.3. The molecule has 0 atom stereocenters. The van der Waals surface area contributed by atoms with Crippen molar-refractivity contribution in [2.45, 2.75) is 0 Å². The first-order valence-electron chi connectivity index (χ1n) is 4.05. The van der Waals surface area contributed by atoms with Crippen molar-refractivity contribution in [1.29, 1.82) is 0 Å². The number of H-pyrrole nitrogens is 1. The van der Waals surface area contributed by atoms with Gasteiger partial charge in [0.25, 0.3) is 0 Å². The summed E-state index contributed by atoms with van der Waals surface area (Å²) >= 11 is 9.22. The molecule has 0 aromatic carbocycles. The van der Waals surface area contributed by atoms with Gasteiger partial charge in [-0.05, 0) is 22.0 Å². The van der Waals surface area contributed by atoms with Gasteiger partial charge < -0.3 is 9.72 Å². The Bertz CT molecular complexity index is 538. The lowest BCUT2D eigenvalue weighted by Gasteiger charge is -1.94. The summed E-state index contributed by atoms with van der Waals surface area (Å²) in [6, 6.07) is 1.65. The molecule has 0 radical (unpaired) electrons. The van der Waals surface area contributed by atoms with Crippen molar-refractivity contribution in [3.8, 4) is 0 Å². The fraction of sp³-hybridized carbons (Fsp3) is 0.111. The molecule has 4 nitrogen and oxygen atoms in total. The molecular formula is C9H6BrClN2O2. The number of carbonyl (C=O) groups is 1. The van der Waals surface area contributed by atoms with E-state index in [1.807, 2.05) is 0 Å². The van der Waals surface area contributed by atoms with E-state index in [9.17, 15) is 4.79 Å². The van der Waals surface area contributed by atoms with Gasteiger partial charge in [-0.1, -0.05) is 11.6 Å². The van der Waals surface area contributed by atoms with Crippen LogP contribution in [-0.4, -0.2) is 23.0 Å². The predicted molar refractivity (Wildman–Crippen MR) is 60.1 cm³/mol. The van der Waals surface area contributed by atoms with E-state index in [4.69, 9.17) is 11.6 Å². The lowest BCUT2D eigenvalue weighted by molar-refractivity contribution is 0.0594. The van der Waals surface area contributed by atoms with Crippen molar-refractivity contribution in [3.63, 3.8) is 0 Å². The normalized spacial score (nSPS) is 10.6. The Labute approximate surface area is 98.7 Å². The number of pyridine rings is 1. The lowest BCUT2D eigenvalue weighted by atomic mass is 10.4. The largest absolute Gasteiger partial charge is 0.464 e. The van der Waals surface area contributed by atoms with Crippen LogP contribution in [0.25, 0.3) is 11.0 Å². The molecule has 0 saturated carbocycles. The zero-order chi connectivity index (χ0) is 11.0. The van der Waals surface area contributed by atoms with E-state index in [2.05, 4.69) is 30.6 Å². The molecule has 0 aliphatic heterocycles. The summed E-state index contributed by atoms with van der Waals surface area (Å²) in [5.74, 6) is -0.462. The number of methoxy groups -OCH3 is 1. The topological polar surface area (TPSA) is 55.0 Å². The Balaban J connectivity index is 2.75. The molecule has 2 aromatic heterocycles. The number of carbonyl (C=O) groups excluding carboxylic acids is 1. The molecule has 0 saturated heterocycles. The molecule has 2 rings (SSSR count). The number of aromatic nitrogens is 2. The zero-order valence-electron chi connectivity index (χ0n) is 7.67. The number of halogens is 2. The van der Waals surface area contributed by atoms with Gasteiger partial charge in [-0.25, -0.2) is 4.79 Å². The smallest absolute Gasteiger partial charge is 0.355 e. The molecule has 15 heavy (non-hydrogen) atoms. The van der Waals surface area contributed by atoms with Crippen molar-refractivity contribution in [3.05, 3.63) is 27.5 Å². The van der Waals surface area contributed by atoms with E-state index in [1.165, 1.54) is 7.11 Å². The SMILES string of the molecule is COC(=O)c1[nH]c2c(Cl)ccnc2c1Br. The second kappa shape index (κ2) is 3.83. The highest BCUT2D eigenvalue weighted by Crippen LogP contribution is 2.30. The van der Waals surface area contributed by atoms with E-state index in [1.54, 1.807) is 12.3 Å². The number of nitrogens with zero attached hydrogens (tertiary/aromatic N) is 1. The second-order valence-electron chi connectivity index (χ2n) is 2.82. The van der Waals surface area contributed by atoms with E-state index in [0.717, 1.165) is 0 Å². The van der Waals surface area contributed by atoms with Gasteiger partial charge in [-0.2, -0.15) is 0 Å². The number of hydrogen-bond acceptors (Lipinski definition) is 3. The molecule has 0 unspecified atom stereocenters. The van der Waals surface area contributed by atoms with Crippen LogP contribution >= 0.6 is 27.5 Å². The molecule has 0 amide bonds. The maximum Gasteiger partial charge on any atom is 0.355 e. The van der Waals surface area contributed by atoms with Gasteiger partial charge in [0.2, 0.25) is 0 Å². The minimum atomic E-state index is -0.462. The number of fused-ring (bicyclic) bond motifs is 1. The third kappa shape index (κ3) is 1.61. The molecule has 78 valence electrons. The maximum absolute atomic E-state index is 11.4. The van der Waals surface area contributed by atoms with E-state index in [-0.39, 0.29) is 0 Å². The van der Waals surface area contributed by atoms with Crippen LogP contribution in [0.3, 0.4) is 0 Å². The van der Waals surface area contributed by atoms with Crippen LogP contribution < -0.4 is 0 Å². The Kier molecular flexibility index (Phi) is 2.67. The number of hydrogen-bond donors (Lipinski definition) is 1. The Hall–Kier alpha value is -1.07. The quantitative estimate of drug-likeness (QED) is 0.821. The first-order chi connectivity index (χ1) is 7.15. The minimum absolute atomic E-state index is 0.313. The van der Waals surface area contributed by atoms with Crippen molar-refractivity contribution in [1.82, 2.24) is 9.97 Å². The molecule has 2 aromatic rings. The number of nitrogens with one attached hydrogen (secondary N) is 1. The van der Waals surface area contributed by atoms with Crippen LogP contribution in [0.4, 0.5) is 0 Å². The van der Waals surface area contributed by atoms with Crippen LogP contribution in [0, 0.1) is 0 Å². The van der Waals surface area contributed by atoms with Gasteiger partial charge in [-0.3, -0.25) is 4.98 Å². The third-order valence-electron chi connectivity index (χ3n) is 1.97. The summed E-state index contributed by atoms with van der Waals surface area (Å²) in [7, 11) is 1.31. The standard InChI is InChI=1S/C9H6BrClN2O2/c1-15-9(14)8-5(10)7-6(13-8)4(11)2-3-12-7/h2-3,13H,1H3. The highest BCUT2D eigenvalue weighted by molar-refractivity contribution is 9.10. The summed E-state index contributed by atoms with van der Waals surface area (Å²) in [6.45, 7) is 0. The zero-order valence-corrected chi connectivity index (χ0v) is 10.0. The van der Waals surface area contributed by atoms with Gasteiger partial charge in [0.05, 0.1) is 22.1 Å². The van der Waals surface area contributed by atoms with Crippen LogP contribution in [0.2, 0.25) is 5.02 Å². The highest BCUT2D eigenvalue weighted by Gasteiger charge is 2.18. The molecule has 0 aliphatic carbocycles. The average Bonchev–Trinajstić information content (AvgIpc) is 2.57. The molecule has 2 heterocycles. The molecular weight excluding hydrogens is 283 g/mol. The highest BCUT2D eigenvalue weighted by atomic mass is 79.9. The minimum Gasteiger partial charge on any atom is -0.464 e. The van der Waals surface area contributed by atoms with Gasteiger partial charge in [0, 0.05) is 6.20 Å². The lowest BCUT2D eigenvalue weighted by Crippen LogP contribution is -2.01. The Morgan fingerprint density at radius 3 is 3.00 bits per heavy atom. The van der Waals surface area contributed by atoms with Crippen molar-refractivity contribution in [2.75, 3.05) is 7.11 Å². The van der Waals surface area contributed by atoms with Crippen LogP contribution in [0.15, 0.2) is 16.7 Å². The third-order valence-corrected chi connectivity index (χ3v) is 3.05. The number of ether oxygens (including phenoxy) is 1.